The summed E-state index contributed by atoms with van der Waals surface area (Å²) in [6.07, 6.45) is 1.48. The number of ether oxygens (including phenoxy) is 3. The zero-order chi connectivity index (χ0) is 32.1. The molecule has 238 valence electrons. The normalized spacial score (nSPS) is 11.5. The second-order valence-electron chi connectivity index (χ2n) is 10.7. The van der Waals surface area contributed by atoms with Crippen LogP contribution in [0.2, 0.25) is 5.02 Å². The van der Waals surface area contributed by atoms with Crippen LogP contribution in [0.4, 0.5) is 0 Å². The summed E-state index contributed by atoms with van der Waals surface area (Å²) in [4.78, 5) is 17.2. The minimum absolute atomic E-state index is 0.0824. The molecule has 10 heteroatoms. The average Bonchev–Trinajstić information content (AvgIpc) is 3.02. The molecule has 3 aromatic carbocycles. The van der Waals surface area contributed by atoms with Gasteiger partial charge in [0.05, 0.1) is 25.5 Å². The minimum atomic E-state index is -0.469. The number of methoxy groups -OCH3 is 2. The Labute approximate surface area is 266 Å². The molecule has 0 spiro atoms. The summed E-state index contributed by atoms with van der Waals surface area (Å²) < 4.78 is 17.5. The number of carbonyl (C=O) groups excluding carboxylic acids is 1. The lowest BCUT2D eigenvalue weighted by atomic mass is 10.0. The summed E-state index contributed by atoms with van der Waals surface area (Å²) in [6, 6.07) is 16.6. The van der Waals surface area contributed by atoms with Crippen LogP contribution in [0.5, 0.6) is 23.0 Å². The molecule has 3 aromatic rings. The number of rotatable bonds is 17. The highest BCUT2D eigenvalue weighted by Gasteiger charge is 2.16. The molecular weight excluding hydrogens is 580 g/mol. The zero-order valence-corrected chi connectivity index (χ0v) is 27.4. The van der Waals surface area contributed by atoms with E-state index in [1.165, 1.54) is 35.5 Å². The number of hydrogen-bond donors (Lipinski definition) is 2. The van der Waals surface area contributed by atoms with Gasteiger partial charge in [-0.2, -0.15) is 5.10 Å². The van der Waals surface area contributed by atoms with Crippen molar-refractivity contribution in [3.63, 3.8) is 0 Å². The smallest absolute Gasteiger partial charge is 0.271 e. The van der Waals surface area contributed by atoms with Gasteiger partial charge in [0, 0.05) is 37.3 Å². The molecule has 0 aliphatic heterocycles. The fraction of sp³-hybridized carbons (Fsp3) is 0.412. The van der Waals surface area contributed by atoms with Gasteiger partial charge >= 0.3 is 0 Å². The molecule has 0 saturated carbocycles. The van der Waals surface area contributed by atoms with Gasteiger partial charge in [-0.05, 0) is 60.5 Å². The Morgan fingerprint density at radius 2 is 1.59 bits per heavy atom. The first-order valence-corrected chi connectivity index (χ1v) is 15.3. The van der Waals surface area contributed by atoms with E-state index < -0.39 is 5.91 Å². The van der Waals surface area contributed by atoms with E-state index in [4.69, 9.17) is 25.8 Å². The molecule has 0 heterocycles. The Morgan fingerprint density at radius 3 is 2.16 bits per heavy atom. The fourth-order valence-corrected chi connectivity index (χ4v) is 4.81. The number of carbonyl (C=O) groups is 1. The highest BCUT2D eigenvalue weighted by Crippen LogP contribution is 2.38. The molecule has 9 nitrogen and oxygen atoms in total. The molecule has 0 unspecified atom stereocenters. The molecule has 44 heavy (non-hydrogen) atoms. The zero-order valence-electron chi connectivity index (χ0n) is 26.6. The number of nitrogens with zero attached hydrogens (tertiary/aromatic N) is 3. The Bertz CT molecular complexity index is 1350. The molecule has 0 radical (unpaired) electrons. The van der Waals surface area contributed by atoms with E-state index >= 15 is 0 Å². The molecule has 0 aliphatic carbocycles. The van der Waals surface area contributed by atoms with Gasteiger partial charge in [-0.25, -0.2) is 5.43 Å². The van der Waals surface area contributed by atoms with Crippen molar-refractivity contribution in [2.24, 2.45) is 5.10 Å². The molecule has 0 aliphatic rings. The Kier molecular flexibility index (Phi) is 13.8. The summed E-state index contributed by atoms with van der Waals surface area (Å²) in [5.74, 6) is 1.41. The van der Waals surface area contributed by atoms with E-state index in [9.17, 15) is 9.90 Å². The minimum Gasteiger partial charge on any atom is -0.506 e. The third kappa shape index (κ3) is 10.1. The lowest BCUT2D eigenvalue weighted by Crippen LogP contribution is -2.36. The summed E-state index contributed by atoms with van der Waals surface area (Å²) in [6.45, 7) is 14.7. The van der Waals surface area contributed by atoms with E-state index in [2.05, 4.69) is 72.3 Å². The number of halogens is 1. The van der Waals surface area contributed by atoms with Gasteiger partial charge in [-0.1, -0.05) is 63.6 Å². The number of benzene rings is 3. The molecular formula is C34H45ClN4O5. The van der Waals surface area contributed by atoms with Gasteiger partial charge < -0.3 is 24.2 Å². The number of hydrazone groups is 1. The predicted molar refractivity (Wildman–Crippen MR) is 177 cm³/mol. The van der Waals surface area contributed by atoms with Crippen molar-refractivity contribution in [1.82, 2.24) is 15.2 Å². The van der Waals surface area contributed by atoms with Crippen LogP contribution in [0.3, 0.4) is 0 Å². The van der Waals surface area contributed by atoms with Crippen molar-refractivity contribution in [3.8, 4) is 23.0 Å². The molecule has 2 N–H and O–H groups in total. The monoisotopic (exact) mass is 624 g/mol. The highest BCUT2D eigenvalue weighted by atomic mass is 35.5. The highest BCUT2D eigenvalue weighted by molar-refractivity contribution is 6.32. The maximum Gasteiger partial charge on any atom is 0.271 e. The van der Waals surface area contributed by atoms with E-state index in [0.717, 1.165) is 39.3 Å². The largest absolute Gasteiger partial charge is 0.506 e. The van der Waals surface area contributed by atoms with Crippen molar-refractivity contribution >= 4 is 23.7 Å². The first-order chi connectivity index (χ1) is 21.2. The fourth-order valence-electron chi connectivity index (χ4n) is 4.63. The van der Waals surface area contributed by atoms with Crippen molar-refractivity contribution in [2.45, 2.75) is 40.2 Å². The van der Waals surface area contributed by atoms with Gasteiger partial charge in [-0.15, -0.1) is 0 Å². The molecule has 0 atom stereocenters. The Hall–Kier alpha value is -3.79. The molecule has 0 saturated heterocycles. The van der Waals surface area contributed by atoms with Gasteiger partial charge in [0.25, 0.3) is 5.91 Å². The van der Waals surface area contributed by atoms with E-state index in [1.807, 2.05) is 0 Å². The summed E-state index contributed by atoms with van der Waals surface area (Å²) in [5.41, 5.74) is 5.97. The van der Waals surface area contributed by atoms with Gasteiger partial charge in [0.1, 0.15) is 12.4 Å². The number of likely N-dealkylation sites (N-methyl/N-ethyl adjacent to an activating group) is 1. The molecule has 0 bridgehead atoms. The van der Waals surface area contributed by atoms with Crippen molar-refractivity contribution in [3.05, 3.63) is 81.9 Å². The first kappa shape index (κ1) is 34.7. The molecule has 0 fully saturated rings. The third-order valence-corrected chi connectivity index (χ3v) is 7.71. The van der Waals surface area contributed by atoms with Crippen LogP contribution in [-0.2, 0) is 6.54 Å². The van der Waals surface area contributed by atoms with Crippen LogP contribution >= 0.6 is 11.6 Å². The number of hydrogen-bond acceptors (Lipinski definition) is 8. The van der Waals surface area contributed by atoms with Crippen molar-refractivity contribution < 1.29 is 24.1 Å². The molecule has 1 amide bonds. The van der Waals surface area contributed by atoms with Crippen LogP contribution in [0.1, 0.15) is 60.7 Å². The summed E-state index contributed by atoms with van der Waals surface area (Å²) in [7, 11) is 3.13. The lowest BCUT2D eigenvalue weighted by molar-refractivity contribution is 0.0955. The van der Waals surface area contributed by atoms with Crippen LogP contribution in [-0.4, -0.2) is 80.6 Å². The second-order valence-corrected chi connectivity index (χ2v) is 11.1. The predicted octanol–water partition coefficient (Wildman–Crippen LogP) is 6.17. The van der Waals surface area contributed by atoms with Gasteiger partial charge in [0.2, 0.25) is 5.75 Å². The number of amides is 1. The van der Waals surface area contributed by atoms with E-state index in [-0.39, 0.29) is 16.3 Å². The molecule has 0 aromatic heterocycles. The van der Waals surface area contributed by atoms with Crippen LogP contribution in [0.25, 0.3) is 0 Å². The summed E-state index contributed by atoms with van der Waals surface area (Å²) in [5, 5.41) is 13.7. The quantitative estimate of drug-likeness (QED) is 0.137. The number of phenolic OH excluding ortho intramolecular Hbond substituents is 1. The van der Waals surface area contributed by atoms with Crippen molar-refractivity contribution in [1.29, 1.82) is 0 Å². The number of aromatic hydroxyl groups is 1. The average molecular weight is 625 g/mol. The lowest BCUT2D eigenvalue weighted by Gasteiger charge is -2.27. The van der Waals surface area contributed by atoms with E-state index in [0.29, 0.717) is 35.3 Å². The van der Waals surface area contributed by atoms with Gasteiger partial charge in [0.15, 0.2) is 11.5 Å². The van der Waals surface area contributed by atoms with Crippen LogP contribution < -0.4 is 19.6 Å². The number of nitrogens with one attached hydrogen (secondary N) is 1. The van der Waals surface area contributed by atoms with Crippen LogP contribution in [0.15, 0.2) is 59.7 Å². The van der Waals surface area contributed by atoms with E-state index in [1.54, 1.807) is 26.4 Å². The second kappa shape index (κ2) is 17.5. The summed E-state index contributed by atoms with van der Waals surface area (Å²) >= 11 is 5.90. The maximum atomic E-state index is 12.4. The van der Waals surface area contributed by atoms with Crippen LogP contribution in [0, 0.1) is 0 Å². The number of phenols is 1. The first-order valence-electron chi connectivity index (χ1n) is 14.9. The standard InChI is InChI=1S/C34H45ClN4O5/c1-7-38(8-2)15-16-39(23-25-9-11-27(12-10-25)24(3)4)17-18-44-33-31(42-5)19-26(20-32(33)43-6)22-36-37-34(41)28-13-14-30(40)29(35)21-28/h9-14,19-22,24,40H,7-8,15-18,23H2,1-6H3,(H,37,41)/b36-22+. The maximum absolute atomic E-state index is 12.4. The third-order valence-electron chi connectivity index (χ3n) is 7.41. The Morgan fingerprint density at radius 1 is 0.955 bits per heavy atom. The molecule has 3 rings (SSSR count). The van der Waals surface area contributed by atoms with Gasteiger partial charge in [-0.3, -0.25) is 9.69 Å². The topological polar surface area (TPSA) is 95.9 Å². The van der Waals surface area contributed by atoms with Crippen molar-refractivity contribution in [2.75, 3.05) is 53.6 Å². The Balaban J connectivity index is 1.68. The SMILES string of the molecule is CCN(CC)CCN(CCOc1c(OC)cc(/C=N/NC(=O)c2ccc(O)c(Cl)c2)cc1OC)Cc1ccc(C(C)C)cc1.